The van der Waals surface area contributed by atoms with Gasteiger partial charge in [-0.2, -0.15) is 0 Å². The van der Waals surface area contributed by atoms with Crippen molar-refractivity contribution in [2.24, 2.45) is 0 Å². The largest absolute Gasteiger partial charge is 0.459 e. The van der Waals surface area contributed by atoms with Crippen LogP contribution < -0.4 is 10.6 Å². The van der Waals surface area contributed by atoms with Crippen LogP contribution in [0.5, 0.6) is 0 Å². The number of urea groups is 1. The zero-order valence-corrected chi connectivity index (χ0v) is 13.4. The highest BCUT2D eigenvalue weighted by atomic mass is 16.5. The van der Waals surface area contributed by atoms with Gasteiger partial charge >= 0.3 is 6.03 Å². The maximum Gasteiger partial charge on any atom is 0.315 e. The molecule has 24 heavy (non-hydrogen) atoms. The minimum absolute atomic E-state index is 0.0436. The molecule has 128 valence electrons. The summed E-state index contributed by atoms with van der Waals surface area (Å²) in [5.74, 6) is 0.853. The standard InChI is InChI=1S/C16H20N4O4/c1-11-9-13(24-19-11)10-17-16(22)18-12-4-6-20(7-5-12)15(21)14-3-2-8-23-14/h2-3,8-9,12H,4-7,10H2,1H3,(H2,17,18,22). The van der Waals surface area contributed by atoms with Crippen LogP contribution in [0.2, 0.25) is 0 Å². The predicted molar refractivity (Wildman–Crippen MR) is 84.2 cm³/mol. The molecule has 0 unspecified atom stereocenters. The van der Waals surface area contributed by atoms with Crippen LogP contribution >= 0.6 is 0 Å². The van der Waals surface area contributed by atoms with Crippen molar-refractivity contribution in [1.29, 1.82) is 0 Å². The summed E-state index contributed by atoms with van der Waals surface area (Å²) in [6.45, 7) is 3.30. The third-order valence-electron chi connectivity index (χ3n) is 3.95. The molecule has 0 aliphatic carbocycles. The van der Waals surface area contributed by atoms with E-state index < -0.39 is 0 Å². The number of aromatic nitrogens is 1. The first-order valence-electron chi connectivity index (χ1n) is 7.91. The lowest BCUT2D eigenvalue weighted by Crippen LogP contribution is -2.48. The Morgan fingerprint density at radius 3 is 2.79 bits per heavy atom. The van der Waals surface area contributed by atoms with Crippen molar-refractivity contribution in [2.45, 2.75) is 32.4 Å². The van der Waals surface area contributed by atoms with Gasteiger partial charge in [0.25, 0.3) is 5.91 Å². The van der Waals surface area contributed by atoms with E-state index in [1.54, 1.807) is 23.1 Å². The average molecular weight is 332 g/mol. The molecule has 3 heterocycles. The number of hydrogen-bond acceptors (Lipinski definition) is 5. The molecule has 3 rings (SSSR count). The Morgan fingerprint density at radius 1 is 1.38 bits per heavy atom. The molecular weight excluding hydrogens is 312 g/mol. The molecule has 1 aliphatic rings. The molecule has 1 saturated heterocycles. The van der Waals surface area contributed by atoms with E-state index in [0.29, 0.717) is 44.0 Å². The molecule has 0 spiro atoms. The number of likely N-dealkylation sites (tertiary alicyclic amines) is 1. The number of nitrogens with zero attached hydrogens (tertiary/aromatic N) is 2. The molecule has 8 nitrogen and oxygen atoms in total. The number of rotatable bonds is 4. The highest BCUT2D eigenvalue weighted by Crippen LogP contribution is 2.14. The van der Waals surface area contributed by atoms with Crippen molar-refractivity contribution < 1.29 is 18.5 Å². The molecular formula is C16H20N4O4. The van der Waals surface area contributed by atoms with Crippen LogP contribution in [0.3, 0.4) is 0 Å². The van der Waals surface area contributed by atoms with E-state index in [9.17, 15) is 9.59 Å². The normalized spacial score (nSPS) is 15.3. The fraction of sp³-hybridized carbons (Fsp3) is 0.438. The van der Waals surface area contributed by atoms with E-state index in [1.807, 2.05) is 6.92 Å². The molecule has 2 aromatic heterocycles. The highest BCUT2D eigenvalue weighted by Gasteiger charge is 2.25. The summed E-state index contributed by atoms with van der Waals surface area (Å²) in [5.41, 5.74) is 0.779. The van der Waals surface area contributed by atoms with Gasteiger partial charge in [-0.3, -0.25) is 4.79 Å². The maximum absolute atomic E-state index is 12.2. The summed E-state index contributed by atoms with van der Waals surface area (Å²) < 4.78 is 10.2. The van der Waals surface area contributed by atoms with E-state index in [1.165, 1.54) is 6.26 Å². The molecule has 0 atom stereocenters. The van der Waals surface area contributed by atoms with Gasteiger partial charge in [0.1, 0.15) is 0 Å². The van der Waals surface area contributed by atoms with Gasteiger partial charge in [0.05, 0.1) is 18.5 Å². The van der Waals surface area contributed by atoms with Crippen LogP contribution in [0, 0.1) is 6.92 Å². The van der Waals surface area contributed by atoms with E-state index in [-0.39, 0.29) is 18.0 Å². The van der Waals surface area contributed by atoms with Crippen molar-refractivity contribution in [3.8, 4) is 0 Å². The minimum Gasteiger partial charge on any atom is -0.459 e. The Labute approximate surface area is 139 Å². The summed E-state index contributed by atoms with van der Waals surface area (Å²) in [6, 6.07) is 4.92. The van der Waals surface area contributed by atoms with Crippen molar-refractivity contribution in [3.05, 3.63) is 41.7 Å². The molecule has 0 aromatic carbocycles. The minimum atomic E-state index is -0.250. The molecule has 0 saturated carbocycles. The second-order valence-corrected chi connectivity index (χ2v) is 5.81. The number of nitrogens with one attached hydrogen (secondary N) is 2. The molecule has 2 N–H and O–H groups in total. The summed E-state index contributed by atoms with van der Waals surface area (Å²) in [4.78, 5) is 25.8. The quantitative estimate of drug-likeness (QED) is 0.887. The van der Waals surface area contributed by atoms with Crippen LogP contribution in [0.4, 0.5) is 4.79 Å². The fourth-order valence-electron chi connectivity index (χ4n) is 2.69. The molecule has 2 aromatic rings. The average Bonchev–Trinajstić information content (AvgIpc) is 3.25. The Bertz CT molecular complexity index is 687. The molecule has 3 amide bonds. The van der Waals surface area contributed by atoms with Crippen molar-refractivity contribution >= 4 is 11.9 Å². The van der Waals surface area contributed by atoms with Gasteiger partial charge in [0, 0.05) is 25.2 Å². The molecule has 1 aliphatic heterocycles. The van der Waals surface area contributed by atoms with E-state index >= 15 is 0 Å². The Balaban J connectivity index is 1.40. The SMILES string of the molecule is Cc1cc(CNC(=O)NC2CCN(C(=O)c3ccco3)CC2)on1. The molecule has 1 fully saturated rings. The first-order valence-corrected chi connectivity index (χ1v) is 7.91. The van der Waals surface area contributed by atoms with Crippen LogP contribution in [0.15, 0.2) is 33.4 Å². The zero-order chi connectivity index (χ0) is 16.9. The fourth-order valence-corrected chi connectivity index (χ4v) is 2.69. The Hall–Kier alpha value is -2.77. The smallest absolute Gasteiger partial charge is 0.315 e. The predicted octanol–water partition coefficient (Wildman–Crippen LogP) is 1.68. The van der Waals surface area contributed by atoms with Gasteiger partial charge < -0.3 is 24.5 Å². The monoisotopic (exact) mass is 332 g/mol. The van der Waals surface area contributed by atoms with Gasteiger partial charge in [-0.25, -0.2) is 4.79 Å². The number of aryl methyl sites for hydroxylation is 1. The summed E-state index contributed by atoms with van der Waals surface area (Å²) >= 11 is 0. The van der Waals surface area contributed by atoms with Crippen molar-refractivity contribution in [1.82, 2.24) is 20.7 Å². The number of furan rings is 1. The van der Waals surface area contributed by atoms with Gasteiger partial charge in [0.2, 0.25) is 0 Å². The molecule has 0 bridgehead atoms. The lowest BCUT2D eigenvalue weighted by molar-refractivity contribution is 0.0676. The topological polar surface area (TPSA) is 101 Å². The van der Waals surface area contributed by atoms with Crippen LogP contribution in [-0.2, 0) is 6.54 Å². The number of carbonyl (C=O) groups excluding carboxylic acids is 2. The van der Waals surface area contributed by atoms with Crippen LogP contribution in [-0.4, -0.2) is 41.1 Å². The number of piperidine rings is 1. The van der Waals surface area contributed by atoms with Crippen molar-refractivity contribution in [3.63, 3.8) is 0 Å². The summed E-state index contributed by atoms with van der Waals surface area (Å²) in [6.07, 6.45) is 2.91. The molecule has 8 heteroatoms. The second kappa shape index (κ2) is 7.20. The van der Waals surface area contributed by atoms with Gasteiger partial charge in [0.15, 0.2) is 11.5 Å². The van der Waals surface area contributed by atoms with E-state index in [4.69, 9.17) is 8.94 Å². The zero-order valence-electron chi connectivity index (χ0n) is 13.4. The number of amides is 3. The lowest BCUT2D eigenvalue weighted by atomic mass is 10.0. The Kier molecular flexibility index (Phi) is 4.83. The van der Waals surface area contributed by atoms with Gasteiger partial charge in [-0.15, -0.1) is 0 Å². The van der Waals surface area contributed by atoms with Crippen LogP contribution in [0.1, 0.15) is 34.9 Å². The summed E-state index contributed by atoms with van der Waals surface area (Å²) in [7, 11) is 0. The van der Waals surface area contributed by atoms with Crippen molar-refractivity contribution in [2.75, 3.05) is 13.1 Å². The first-order chi connectivity index (χ1) is 11.6. The van der Waals surface area contributed by atoms with Gasteiger partial charge in [-0.1, -0.05) is 5.16 Å². The summed E-state index contributed by atoms with van der Waals surface area (Å²) in [5, 5.41) is 9.42. The van der Waals surface area contributed by atoms with Gasteiger partial charge in [-0.05, 0) is 31.9 Å². The Morgan fingerprint density at radius 2 is 2.17 bits per heavy atom. The third kappa shape index (κ3) is 3.95. The van der Waals surface area contributed by atoms with E-state index in [2.05, 4.69) is 15.8 Å². The number of carbonyl (C=O) groups is 2. The maximum atomic E-state index is 12.2. The molecule has 0 radical (unpaired) electrons. The lowest BCUT2D eigenvalue weighted by Gasteiger charge is -2.31. The highest BCUT2D eigenvalue weighted by molar-refractivity contribution is 5.91. The first kappa shape index (κ1) is 16.1. The third-order valence-corrected chi connectivity index (χ3v) is 3.95. The number of hydrogen-bond donors (Lipinski definition) is 2. The van der Waals surface area contributed by atoms with Crippen LogP contribution in [0.25, 0.3) is 0 Å². The second-order valence-electron chi connectivity index (χ2n) is 5.81. The van der Waals surface area contributed by atoms with E-state index in [0.717, 1.165) is 5.69 Å².